The van der Waals surface area contributed by atoms with Crippen molar-refractivity contribution in [2.45, 2.75) is 0 Å². The second kappa shape index (κ2) is 8.29. The van der Waals surface area contributed by atoms with Crippen molar-refractivity contribution in [3.05, 3.63) is 47.0 Å². The van der Waals surface area contributed by atoms with Crippen molar-refractivity contribution in [1.82, 2.24) is 0 Å². The largest absolute Gasteiger partial charge is 0.497 e. The van der Waals surface area contributed by atoms with E-state index in [2.05, 4.69) is 10.2 Å². The number of hydrogen-bond acceptors (Lipinski definition) is 5. The van der Waals surface area contributed by atoms with E-state index < -0.39 is 0 Å². The van der Waals surface area contributed by atoms with Crippen molar-refractivity contribution in [2.24, 2.45) is 0 Å². The number of amides is 1. The van der Waals surface area contributed by atoms with Gasteiger partial charge in [0, 0.05) is 30.4 Å². The van der Waals surface area contributed by atoms with Crippen molar-refractivity contribution in [1.29, 1.82) is 0 Å². The van der Waals surface area contributed by atoms with Crippen LogP contribution in [0, 0.1) is 0 Å². The first-order valence-electron chi connectivity index (χ1n) is 8.27. The first kappa shape index (κ1) is 18.4. The number of ether oxygens (including phenoxy) is 3. The Labute approximate surface area is 157 Å². The van der Waals surface area contributed by atoms with Gasteiger partial charge in [-0.15, -0.1) is 0 Å². The molecule has 1 aliphatic heterocycles. The number of anilines is 2. The Hall–Kier alpha value is -2.44. The van der Waals surface area contributed by atoms with Crippen LogP contribution in [0.15, 0.2) is 36.4 Å². The highest BCUT2D eigenvalue weighted by Crippen LogP contribution is 2.29. The van der Waals surface area contributed by atoms with E-state index in [4.69, 9.17) is 25.8 Å². The Bertz CT molecular complexity index is 769. The average molecular weight is 377 g/mol. The maximum Gasteiger partial charge on any atom is 0.255 e. The van der Waals surface area contributed by atoms with Gasteiger partial charge in [0.05, 0.1) is 38.1 Å². The molecule has 3 rings (SSSR count). The monoisotopic (exact) mass is 376 g/mol. The van der Waals surface area contributed by atoms with Gasteiger partial charge in [0.1, 0.15) is 11.5 Å². The number of benzene rings is 2. The maximum absolute atomic E-state index is 12.7. The Morgan fingerprint density at radius 3 is 2.35 bits per heavy atom. The molecule has 2 aromatic carbocycles. The van der Waals surface area contributed by atoms with Crippen LogP contribution >= 0.6 is 11.6 Å². The van der Waals surface area contributed by atoms with Gasteiger partial charge < -0.3 is 24.4 Å². The molecule has 26 heavy (non-hydrogen) atoms. The molecular weight excluding hydrogens is 356 g/mol. The molecule has 0 bridgehead atoms. The van der Waals surface area contributed by atoms with E-state index in [1.165, 1.54) is 0 Å². The number of carbonyl (C=O) groups excluding carboxylic acids is 1. The summed E-state index contributed by atoms with van der Waals surface area (Å²) in [4.78, 5) is 14.9. The second-order valence-corrected chi connectivity index (χ2v) is 6.23. The number of methoxy groups -OCH3 is 2. The van der Waals surface area contributed by atoms with Gasteiger partial charge in [-0.2, -0.15) is 0 Å². The second-order valence-electron chi connectivity index (χ2n) is 5.82. The molecule has 1 heterocycles. The normalized spacial score (nSPS) is 14.0. The van der Waals surface area contributed by atoms with Crippen LogP contribution in [0.5, 0.6) is 11.5 Å². The molecule has 0 saturated carbocycles. The third-order valence-corrected chi connectivity index (χ3v) is 4.52. The summed E-state index contributed by atoms with van der Waals surface area (Å²) in [6.45, 7) is 2.99. The van der Waals surface area contributed by atoms with E-state index in [1.807, 2.05) is 12.1 Å². The highest BCUT2D eigenvalue weighted by atomic mass is 35.5. The summed E-state index contributed by atoms with van der Waals surface area (Å²) in [5, 5.41) is 3.35. The third-order valence-electron chi connectivity index (χ3n) is 4.19. The van der Waals surface area contributed by atoms with E-state index in [-0.39, 0.29) is 5.91 Å². The van der Waals surface area contributed by atoms with Gasteiger partial charge in [-0.25, -0.2) is 0 Å². The molecule has 0 radical (unpaired) electrons. The lowest BCUT2D eigenvalue weighted by atomic mass is 10.1. The summed E-state index contributed by atoms with van der Waals surface area (Å²) in [7, 11) is 3.08. The fourth-order valence-electron chi connectivity index (χ4n) is 2.76. The van der Waals surface area contributed by atoms with Gasteiger partial charge in [-0.3, -0.25) is 4.79 Å². The molecule has 1 N–H and O–H groups in total. The molecule has 0 aliphatic carbocycles. The van der Waals surface area contributed by atoms with Crippen LogP contribution in [-0.4, -0.2) is 46.4 Å². The van der Waals surface area contributed by atoms with E-state index in [1.54, 1.807) is 38.5 Å². The van der Waals surface area contributed by atoms with Crippen molar-refractivity contribution < 1.29 is 19.0 Å². The van der Waals surface area contributed by atoms with Gasteiger partial charge in [0.25, 0.3) is 5.91 Å². The Morgan fingerprint density at radius 1 is 1.08 bits per heavy atom. The minimum absolute atomic E-state index is 0.289. The van der Waals surface area contributed by atoms with Gasteiger partial charge in [0.2, 0.25) is 0 Å². The molecule has 0 spiro atoms. The van der Waals surface area contributed by atoms with Crippen molar-refractivity contribution in [3.8, 4) is 11.5 Å². The molecule has 7 heteroatoms. The quantitative estimate of drug-likeness (QED) is 0.866. The molecule has 0 aromatic heterocycles. The smallest absolute Gasteiger partial charge is 0.255 e. The van der Waals surface area contributed by atoms with Crippen LogP contribution in [0.25, 0.3) is 0 Å². The standard InChI is InChI=1S/C19H21ClN2O4/c1-24-15-9-13(10-16(12-15)25-2)19(23)21-18-11-14(3-4-17(18)20)22-5-7-26-8-6-22/h3-4,9-12H,5-8H2,1-2H3,(H,21,23). The molecule has 2 aromatic rings. The lowest BCUT2D eigenvalue weighted by molar-refractivity contribution is 0.102. The zero-order chi connectivity index (χ0) is 18.5. The van der Waals surface area contributed by atoms with Crippen molar-refractivity contribution in [3.63, 3.8) is 0 Å². The fraction of sp³-hybridized carbons (Fsp3) is 0.316. The Kier molecular flexibility index (Phi) is 5.85. The van der Waals surface area contributed by atoms with E-state index >= 15 is 0 Å². The van der Waals surface area contributed by atoms with Crippen LogP contribution in [0.3, 0.4) is 0 Å². The van der Waals surface area contributed by atoms with Gasteiger partial charge in [0.15, 0.2) is 0 Å². The summed E-state index contributed by atoms with van der Waals surface area (Å²) in [5.41, 5.74) is 1.98. The number of nitrogens with one attached hydrogen (secondary N) is 1. The molecule has 138 valence electrons. The number of carbonyl (C=O) groups is 1. The number of morpholine rings is 1. The summed E-state index contributed by atoms with van der Waals surface area (Å²) < 4.78 is 15.8. The van der Waals surface area contributed by atoms with Crippen molar-refractivity contribution in [2.75, 3.05) is 50.7 Å². The van der Waals surface area contributed by atoms with Crippen LogP contribution in [0.1, 0.15) is 10.4 Å². The van der Waals surface area contributed by atoms with Crippen LogP contribution in [-0.2, 0) is 4.74 Å². The highest BCUT2D eigenvalue weighted by Gasteiger charge is 2.15. The molecule has 1 amide bonds. The average Bonchev–Trinajstić information content (AvgIpc) is 2.69. The lowest BCUT2D eigenvalue weighted by Gasteiger charge is -2.29. The Balaban J connectivity index is 1.82. The molecular formula is C19H21ClN2O4. The topological polar surface area (TPSA) is 60.0 Å². The molecule has 0 unspecified atom stereocenters. The number of halogens is 1. The Morgan fingerprint density at radius 2 is 1.73 bits per heavy atom. The van der Waals surface area contributed by atoms with E-state index in [0.717, 1.165) is 18.8 Å². The summed E-state index contributed by atoms with van der Waals surface area (Å²) >= 11 is 6.28. The molecule has 1 saturated heterocycles. The number of nitrogens with zero attached hydrogens (tertiary/aromatic N) is 1. The van der Waals surface area contributed by atoms with E-state index in [0.29, 0.717) is 41.0 Å². The first-order valence-corrected chi connectivity index (χ1v) is 8.65. The molecule has 1 aliphatic rings. The van der Waals surface area contributed by atoms with Gasteiger partial charge in [-0.1, -0.05) is 11.6 Å². The third kappa shape index (κ3) is 4.20. The molecule has 6 nitrogen and oxygen atoms in total. The van der Waals surface area contributed by atoms with Crippen LogP contribution in [0.2, 0.25) is 5.02 Å². The highest BCUT2D eigenvalue weighted by molar-refractivity contribution is 6.34. The van der Waals surface area contributed by atoms with Crippen LogP contribution in [0.4, 0.5) is 11.4 Å². The summed E-state index contributed by atoms with van der Waals surface area (Å²) in [6, 6.07) is 10.6. The van der Waals surface area contributed by atoms with Crippen LogP contribution < -0.4 is 19.7 Å². The minimum atomic E-state index is -0.289. The van der Waals surface area contributed by atoms with Gasteiger partial charge in [-0.05, 0) is 30.3 Å². The zero-order valence-electron chi connectivity index (χ0n) is 14.8. The first-order chi connectivity index (χ1) is 12.6. The predicted molar refractivity (Wildman–Crippen MR) is 102 cm³/mol. The maximum atomic E-state index is 12.7. The lowest BCUT2D eigenvalue weighted by Crippen LogP contribution is -2.36. The number of rotatable bonds is 5. The predicted octanol–water partition coefficient (Wildman–Crippen LogP) is 3.45. The SMILES string of the molecule is COc1cc(OC)cc(C(=O)Nc2cc(N3CCOCC3)ccc2Cl)c1. The molecule has 1 fully saturated rings. The minimum Gasteiger partial charge on any atom is -0.497 e. The van der Waals surface area contributed by atoms with E-state index in [9.17, 15) is 4.79 Å². The molecule has 0 atom stereocenters. The van der Waals surface area contributed by atoms with Gasteiger partial charge >= 0.3 is 0 Å². The fourth-order valence-corrected chi connectivity index (χ4v) is 2.93. The zero-order valence-corrected chi connectivity index (χ0v) is 15.5. The summed E-state index contributed by atoms with van der Waals surface area (Å²) in [6.07, 6.45) is 0. The van der Waals surface area contributed by atoms with Crippen molar-refractivity contribution >= 4 is 28.9 Å². The summed E-state index contributed by atoms with van der Waals surface area (Å²) in [5.74, 6) is 0.800. The number of hydrogen-bond donors (Lipinski definition) is 1.